The van der Waals surface area contributed by atoms with E-state index in [2.05, 4.69) is 22.4 Å². The predicted molar refractivity (Wildman–Crippen MR) is 67.3 cm³/mol. The molecule has 1 heterocycles. The SMILES string of the molecule is COc1ccccc1C(C)NCc1nc(C)no1. The van der Waals surface area contributed by atoms with Gasteiger partial charge in [0.2, 0.25) is 5.89 Å². The van der Waals surface area contributed by atoms with E-state index in [9.17, 15) is 0 Å². The predicted octanol–water partition coefficient (Wildman–Crippen LogP) is 2.24. The van der Waals surface area contributed by atoms with Crippen LogP contribution in [0.5, 0.6) is 5.75 Å². The van der Waals surface area contributed by atoms with E-state index in [1.807, 2.05) is 24.3 Å². The van der Waals surface area contributed by atoms with E-state index in [0.29, 0.717) is 18.3 Å². The van der Waals surface area contributed by atoms with Crippen LogP contribution in [-0.2, 0) is 6.54 Å². The molecule has 0 saturated heterocycles. The van der Waals surface area contributed by atoms with Gasteiger partial charge >= 0.3 is 0 Å². The smallest absolute Gasteiger partial charge is 0.240 e. The molecule has 0 saturated carbocycles. The van der Waals surface area contributed by atoms with E-state index in [4.69, 9.17) is 9.26 Å². The quantitative estimate of drug-likeness (QED) is 0.878. The number of hydrogen-bond acceptors (Lipinski definition) is 5. The minimum Gasteiger partial charge on any atom is -0.496 e. The largest absolute Gasteiger partial charge is 0.496 e. The Morgan fingerprint density at radius 1 is 1.39 bits per heavy atom. The Kier molecular flexibility index (Phi) is 3.94. The van der Waals surface area contributed by atoms with Gasteiger partial charge in [0, 0.05) is 11.6 Å². The lowest BCUT2D eigenvalue weighted by atomic mass is 10.1. The minimum atomic E-state index is 0.147. The Morgan fingerprint density at radius 2 is 2.17 bits per heavy atom. The molecule has 1 atom stereocenters. The number of benzene rings is 1. The van der Waals surface area contributed by atoms with Gasteiger partial charge in [0.1, 0.15) is 5.75 Å². The van der Waals surface area contributed by atoms with Crippen molar-refractivity contribution in [1.29, 1.82) is 0 Å². The maximum Gasteiger partial charge on any atom is 0.240 e. The van der Waals surface area contributed by atoms with Crippen LogP contribution in [0, 0.1) is 6.92 Å². The molecule has 0 bridgehead atoms. The summed E-state index contributed by atoms with van der Waals surface area (Å²) in [5.41, 5.74) is 1.11. The van der Waals surface area contributed by atoms with Gasteiger partial charge in [0.05, 0.1) is 13.7 Å². The molecule has 2 rings (SSSR count). The van der Waals surface area contributed by atoms with Crippen molar-refractivity contribution < 1.29 is 9.26 Å². The fourth-order valence-electron chi connectivity index (χ4n) is 1.79. The van der Waals surface area contributed by atoms with Crippen LogP contribution < -0.4 is 10.1 Å². The van der Waals surface area contributed by atoms with E-state index in [0.717, 1.165) is 11.3 Å². The van der Waals surface area contributed by atoms with E-state index >= 15 is 0 Å². The Balaban J connectivity index is 2.01. The first-order chi connectivity index (χ1) is 8.70. The van der Waals surface area contributed by atoms with E-state index in [1.165, 1.54) is 0 Å². The van der Waals surface area contributed by atoms with Gasteiger partial charge in [-0.3, -0.25) is 0 Å². The maximum atomic E-state index is 5.33. The number of ether oxygens (including phenoxy) is 1. The lowest BCUT2D eigenvalue weighted by Gasteiger charge is -2.15. The third-order valence-electron chi connectivity index (χ3n) is 2.73. The summed E-state index contributed by atoms with van der Waals surface area (Å²) >= 11 is 0. The van der Waals surface area contributed by atoms with Crippen molar-refractivity contribution in [2.24, 2.45) is 0 Å². The van der Waals surface area contributed by atoms with Gasteiger partial charge in [0.25, 0.3) is 0 Å². The summed E-state index contributed by atoms with van der Waals surface area (Å²) in [6.07, 6.45) is 0. The van der Waals surface area contributed by atoms with Crippen LogP contribution >= 0.6 is 0 Å². The molecule has 0 radical (unpaired) electrons. The number of methoxy groups -OCH3 is 1. The molecule has 5 nitrogen and oxygen atoms in total. The molecule has 1 N–H and O–H groups in total. The van der Waals surface area contributed by atoms with Crippen LogP contribution in [0.2, 0.25) is 0 Å². The molecule has 1 unspecified atom stereocenters. The third kappa shape index (κ3) is 2.87. The topological polar surface area (TPSA) is 60.2 Å². The third-order valence-corrected chi connectivity index (χ3v) is 2.73. The number of hydrogen-bond donors (Lipinski definition) is 1. The van der Waals surface area contributed by atoms with Gasteiger partial charge < -0.3 is 14.6 Å². The zero-order chi connectivity index (χ0) is 13.0. The first-order valence-corrected chi connectivity index (χ1v) is 5.86. The molecule has 0 aliphatic carbocycles. The summed E-state index contributed by atoms with van der Waals surface area (Å²) in [4.78, 5) is 4.15. The normalized spacial score (nSPS) is 12.4. The van der Waals surface area contributed by atoms with Crippen LogP contribution in [0.1, 0.15) is 30.2 Å². The number of aryl methyl sites for hydroxylation is 1. The number of nitrogens with zero attached hydrogens (tertiary/aromatic N) is 2. The standard InChI is InChI=1S/C13H17N3O2/c1-9(11-6-4-5-7-12(11)17-3)14-8-13-15-10(2)16-18-13/h4-7,9,14H,8H2,1-3H3. The molecule has 0 spiro atoms. The molecule has 18 heavy (non-hydrogen) atoms. The van der Waals surface area contributed by atoms with Crippen molar-refractivity contribution in [3.63, 3.8) is 0 Å². The van der Waals surface area contributed by atoms with Crippen LogP contribution in [0.15, 0.2) is 28.8 Å². The van der Waals surface area contributed by atoms with Crippen LogP contribution in [0.4, 0.5) is 0 Å². The Bertz CT molecular complexity index is 510. The maximum absolute atomic E-state index is 5.33. The van der Waals surface area contributed by atoms with Gasteiger partial charge in [0.15, 0.2) is 5.82 Å². The molecule has 0 fully saturated rings. The summed E-state index contributed by atoms with van der Waals surface area (Å²) in [6.45, 7) is 4.41. The average molecular weight is 247 g/mol. The number of para-hydroxylation sites is 1. The molecule has 5 heteroatoms. The second-order valence-electron chi connectivity index (χ2n) is 4.08. The molecule has 0 aliphatic rings. The molecule has 1 aromatic heterocycles. The second kappa shape index (κ2) is 5.64. The molecular formula is C13H17N3O2. The van der Waals surface area contributed by atoms with Crippen molar-refractivity contribution >= 4 is 0 Å². The first kappa shape index (κ1) is 12.6. The molecule has 0 amide bonds. The minimum absolute atomic E-state index is 0.147. The lowest BCUT2D eigenvalue weighted by molar-refractivity contribution is 0.354. The highest BCUT2D eigenvalue weighted by Gasteiger charge is 2.11. The molecular weight excluding hydrogens is 230 g/mol. The highest BCUT2D eigenvalue weighted by Crippen LogP contribution is 2.24. The van der Waals surface area contributed by atoms with E-state index < -0.39 is 0 Å². The fourth-order valence-corrected chi connectivity index (χ4v) is 1.79. The second-order valence-corrected chi connectivity index (χ2v) is 4.08. The number of nitrogens with one attached hydrogen (secondary N) is 1. The first-order valence-electron chi connectivity index (χ1n) is 5.86. The zero-order valence-electron chi connectivity index (χ0n) is 10.8. The zero-order valence-corrected chi connectivity index (χ0v) is 10.8. The van der Waals surface area contributed by atoms with Crippen molar-refractivity contribution in [2.75, 3.05) is 7.11 Å². The van der Waals surface area contributed by atoms with E-state index in [-0.39, 0.29) is 6.04 Å². The summed E-state index contributed by atoms with van der Waals surface area (Å²) in [7, 11) is 1.67. The molecule has 2 aromatic rings. The Labute approximate surface area is 106 Å². The summed E-state index contributed by atoms with van der Waals surface area (Å²) in [5.74, 6) is 2.12. The van der Waals surface area contributed by atoms with Crippen LogP contribution in [0.3, 0.4) is 0 Å². The Morgan fingerprint density at radius 3 is 2.83 bits per heavy atom. The van der Waals surface area contributed by atoms with Gasteiger partial charge in [-0.25, -0.2) is 0 Å². The molecule has 0 aliphatic heterocycles. The molecule has 1 aromatic carbocycles. The Hall–Kier alpha value is -1.88. The summed E-state index contributed by atoms with van der Waals surface area (Å²) < 4.78 is 10.4. The highest BCUT2D eigenvalue weighted by molar-refractivity contribution is 5.35. The van der Waals surface area contributed by atoms with Crippen molar-refractivity contribution in [2.45, 2.75) is 26.4 Å². The number of rotatable bonds is 5. The van der Waals surface area contributed by atoms with Gasteiger partial charge in [-0.2, -0.15) is 4.98 Å². The van der Waals surface area contributed by atoms with Crippen molar-refractivity contribution in [1.82, 2.24) is 15.5 Å². The lowest BCUT2D eigenvalue weighted by Crippen LogP contribution is -2.18. The van der Waals surface area contributed by atoms with Crippen molar-refractivity contribution in [3.05, 3.63) is 41.5 Å². The van der Waals surface area contributed by atoms with Gasteiger partial charge in [-0.05, 0) is 19.9 Å². The summed E-state index contributed by atoms with van der Waals surface area (Å²) in [6, 6.07) is 8.08. The van der Waals surface area contributed by atoms with Gasteiger partial charge in [-0.15, -0.1) is 0 Å². The monoisotopic (exact) mass is 247 g/mol. The van der Waals surface area contributed by atoms with E-state index in [1.54, 1.807) is 14.0 Å². The summed E-state index contributed by atoms with van der Waals surface area (Å²) in [5, 5.41) is 7.08. The molecule has 96 valence electrons. The van der Waals surface area contributed by atoms with Crippen LogP contribution in [-0.4, -0.2) is 17.3 Å². The van der Waals surface area contributed by atoms with Gasteiger partial charge in [-0.1, -0.05) is 23.4 Å². The number of aromatic nitrogens is 2. The average Bonchev–Trinajstić information content (AvgIpc) is 2.81. The van der Waals surface area contributed by atoms with Crippen LogP contribution in [0.25, 0.3) is 0 Å². The van der Waals surface area contributed by atoms with Crippen molar-refractivity contribution in [3.8, 4) is 5.75 Å². The fraction of sp³-hybridized carbons (Fsp3) is 0.385. The highest BCUT2D eigenvalue weighted by atomic mass is 16.5.